The number of carbonyl (C=O) groups is 2. The van der Waals surface area contributed by atoms with Crippen molar-refractivity contribution >= 4 is 12.4 Å². The van der Waals surface area contributed by atoms with Gasteiger partial charge in [-0.05, 0) is 46.6 Å². The predicted molar refractivity (Wildman–Crippen MR) is 91.6 cm³/mol. The second kappa shape index (κ2) is 6.93. The van der Waals surface area contributed by atoms with Gasteiger partial charge in [0.1, 0.15) is 17.6 Å². The molecule has 0 spiro atoms. The summed E-state index contributed by atoms with van der Waals surface area (Å²) in [6.45, 7) is 9.18. The molecule has 24 heavy (non-hydrogen) atoms. The minimum Gasteiger partial charge on any atom is -0.444 e. The van der Waals surface area contributed by atoms with Gasteiger partial charge in [0.05, 0.1) is 12.1 Å². The summed E-state index contributed by atoms with van der Waals surface area (Å²) in [4.78, 5) is 25.5. The molecule has 1 fully saturated rings. The summed E-state index contributed by atoms with van der Waals surface area (Å²) < 4.78 is 11.6. The molecule has 0 radical (unpaired) electrons. The third-order valence-electron chi connectivity index (χ3n) is 3.99. The molecule has 1 aliphatic heterocycles. The van der Waals surface area contributed by atoms with Crippen molar-refractivity contribution in [2.45, 2.75) is 70.9 Å². The SMILES string of the molecule is CC(C)(C)OC(=O)N1[C@@H](Cc2ccccc2)[C@H](CC=O)OC1(C)C. The summed E-state index contributed by atoms with van der Waals surface area (Å²) in [6.07, 6.45) is 0.951. The molecule has 1 saturated heterocycles. The van der Waals surface area contributed by atoms with Gasteiger partial charge in [-0.2, -0.15) is 0 Å². The first-order valence-corrected chi connectivity index (χ1v) is 8.32. The Kier molecular flexibility index (Phi) is 5.33. The van der Waals surface area contributed by atoms with E-state index in [1.165, 1.54) is 0 Å². The van der Waals surface area contributed by atoms with E-state index < -0.39 is 17.4 Å². The number of benzene rings is 1. The first-order valence-electron chi connectivity index (χ1n) is 8.32. The lowest BCUT2D eigenvalue weighted by atomic mass is 9.99. The molecule has 132 valence electrons. The number of hydrogen-bond donors (Lipinski definition) is 0. The summed E-state index contributed by atoms with van der Waals surface area (Å²) in [6, 6.07) is 9.65. The lowest BCUT2D eigenvalue weighted by Gasteiger charge is -2.35. The topological polar surface area (TPSA) is 55.8 Å². The van der Waals surface area contributed by atoms with Gasteiger partial charge in [0.25, 0.3) is 0 Å². The Hall–Kier alpha value is -1.88. The monoisotopic (exact) mass is 333 g/mol. The largest absolute Gasteiger partial charge is 0.444 e. The molecule has 1 aromatic carbocycles. The van der Waals surface area contributed by atoms with E-state index in [1.54, 1.807) is 4.90 Å². The number of nitrogens with zero attached hydrogens (tertiary/aromatic N) is 1. The van der Waals surface area contributed by atoms with Crippen LogP contribution in [-0.2, 0) is 20.7 Å². The van der Waals surface area contributed by atoms with Crippen LogP contribution in [0.25, 0.3) is 0 Å². The number of amides is 1. The van der Waals surface area contributed by atoms with Gasteiger partial charge in [0.15, 0.2) is 0 Å². The molecule has 2 rings (SSSR count). The van der Waals surface area contributed by atoms with Crippen molar-refractivity contribution in [3.05, 3.63) is 35.9 Å². The first-order chi connectivity index (χ1) is 11.1. The van der Waals surface area contributed by atoms with Crippen molar-refractivity contribution in [1.82, 2.24) is 4.90 Å². The highest BCUT2D eigenvalue weighted by Crippen LogP contribution is 2.36. The van der Waals surface area contributed by atoms with Crippen molar-refractivity contribution in [2.24, 2.45) is 0 Å². The highest BCUT2D eigenvalue weighted by atomic mass is 16.6. The van der Waals surface area contributed by atoms with Crippen molar-refractivity contribution in [1.29, 1.82) is 0 Å². The van der Waals surface area contributed by atoms with Crippen LogP contribution in [0.3, 0.4) is 0 Å². The van der Waals surface area contributed by atoms with Crippen LogP contribution in [0, 0.1) is 0 Å². The Labute approximate surface area is 143 Å². The number of carbonyl (C=O) groups excluding carboxylic acids is 2. The molecule has 5 nitrogen and oxygen atoms in total. The number of rotatable bonds is 4. The second-order valence-corrected chi connectivity index (χ2v) is 7.61. The molecule has 2 atom stereocenters. The zero-order valence-electron chi connectivity index (χ0n) is 15.1. The van der Waals surface area contributed by atoms with Gasteiger partial charge in [-0.15, -0.1) is 0 Å². The van der Waals surface area contributed by atoms with Gasteiger partial charge < -0.3 is 14.3 Å². The molecule has 0 aliphatic carbocycles. The van der Waals surface area contributed by atoms with E-state index in [4.69, 9.17) is 9.47 Å². The van der Waals surface area contributed by atoms with E-state index in [1.807, 2.05) is 65.0 Å². The van der Waals surface area contributed by atoms with E-state index in [-0.39, 0.29) is 18.6 Å². The Morgan fingerprint density at radius 3 is 2.46 bits per heavy atom. The Morgan fingerprint density at radius 2 is 1.92 bits per heavy atom. The van der Waals surface area contributed by atoms with Gasteiger partial charge >= 0.3 is 6.09 Å². The van der Waals surface area contributed by atoms with E-state index in [0.717, 1.165) is 11.8 Å². The van der Waals surface area contributed by atoms with E-state index in [2.05, 4.69) is 0 Å². The lowest BCUT2D eigenvalue weighted by molar-refractivity contribution is -0.112. The fourth-order valence-corrected chi connectivity index (χ4v) is 3.12. The molecule has 0 N–H and O–H groups in total. The minimum absolute atomic E-state index is 0.248. The van der Waals surface area contributed by atoms with Crippen LogP contribution in [0.1, 0.15) is 46.6 Å². The molecule has 5 heteroatoms. The normalized spacial score (nSPS) is 23.1. The number of ether oxygens (including phenoxy) is 2. The third kappa shape index (κ3) is 4.35. The second-order valence-electron chi connectivity index (χ2n) is 7.61. The summed E-state index contributed by atoms with van der Waals surface area (Å²) in [5.41, 5.74) is -0.323. The van der Waals surface area contributed by atoms with E-state index in [0.29, 0.717) is 6.42 Å². The average molecular weight is 333 g/mol. The van der Waals surface area contributed by atoms with Crippen LogP contribution in [0.15, 0.2) is 30.3 Å². The molecule has 1 amide bonds. The molecule has 0 aromatic heterocycles. The quantitative estimate of drug-likeness (QED) is 0.791. The van der Waals surface area contributed by atoms with Crippen LogP contribution in [0.5, 0.6) is 0 Å². The number of hydrogen-bond acceptors (Lipinski definition) is 4. The maximum Gasteiger partial charge on any atom is 0.412 e. The Bertz CT molecular complexity index is 577. The number of aldehydes is 1. The van der Waals surface area contributed by atoms with Crippen molar-refractivity contribution < 1.29 is 19.1 Å². The Morgan fingerprint density at radius 1 is 1.29 bits per heavy atom. The maximum absolute atomic E-state index is 12.8. The van der Waals surface area contributed by atoms with Crippen molar-refractivity contribution in [2.75, 3.05) is 0 Å². The molecule has 1 aromatic rings. The fraction of sp³-hybridized carbons (Fsp3) is 0.579. The van der Waals surface area contributed by atoms with Crippen LogP contribution in [0.2, 0.25) is 0 Å². The van der Waals surface area contributed by atoms with E-state index in [9.17, 15) is 9.59 Å². The highest BCUT2D eigenvalue weighted by Gasteiger charge is 2.50. The fourth-order valence-electron chi connectivity index (χ4n) is 3.12. The van der Waals surface area contributed by atoms with Crippen molar-refractivity contribution in [3.8, 4) is 0 Å². The minimum atomic E-state index is -0.824. The summed E-state index contributed by atoms with van der Waals surface area (Å²) in [5.74, 6) is 0. The smallest absolute Gasteiger partial charge is 0.412 e. The summed E-state index contributed by atoms with van der Waals surface area (Å²) in [7, 11) is 0. The van der Waals surface area contributed by atoms with Gasteiger partial charge in [-0.3, -0.25) is 4.90 Å². The predicted octanol–water partition coefficient (Wildman–Crippen LogP) is 3.56. The Balaban J connectivity index is 2.30. The highest BCUT2D eigenvalue weighted by molar-refractivity contribution is 5.70. The van der Waals surface area contributed by atoms with Crippen LogP contribution in [-0.4, -0.2) is 40.8 Å². The zero-order chi connectivity index (χ0) is 18.0. The third-order valence-corrected chi connectivity index (χ3v) is 3.99. The van der Waals surface area contributed by atoms with Gasteiger partial charge in [-0.1, -0.05) is 30.3 Å². The summed E-state index contributed by atoms with van der Waals surface area (Å²) >= 11 is 0. The lowest BCUT2D eigenvalue weighted by Crippen LogP contribution is -2.51. The molecule has 0 unspecified atom stereocenters. The van der Waals surface area contributed by atoms with E-state index >= 15 is 0 Å². The van der Waals surface area contributed by atoms with Gasteiger partial charge in [0, 0.05) is 6.42 Å². The van der Waals surface area contributed by atoms with Crippen LogP contribution >= 0.6 is 0 Å². The molecule has 0 saturated carbocycles. The average Bonchev–Trinajstić information content (AvgIpc) is 2.69. The molecular formula is C19H27NO4. The molecule has 1 heterocycles. The molecule has 1 aliphatic rings. The van der Waals surface area contributed by atoms with Crippen LogP contribution < -0.4 is 0 Å². The molecular weight excluding hydrogens is 306 g/mol. The maximum atomic E-state index is 12.8. The van der Waals surface area contributed by atoms with Crippen molar-refractivity contribution in [3.63, 3.8) is 0 Å². The van der Waals surface area contributed by atoms with Gasteiger partial charge in [0.2, 0.25) is 0 Å². The summed E-state index contributed by atoms with van der Waals surface area (Å²) in [5, 5.41) is 0. The first kappa shape index (κ1) is 18.5. The zero-order valence-corrected chi connectivity index (χ0v) is 15.1. The van der Waals surface area contributed by atoms with Crippen LogP contribution in [0.4, 0.5) is 4.79 Å². The molecule has 0 bridgehead atoms. The standard InChI is InChI=1S/C19H27NO4/c1-18(2,3)24-17(22)20-15(13-14-9-7-6-8-10-14)16(11-12-21)23-19(20,4)5/h6-10,12,15-16H,11,13H2,1-5H3/t15-,16-/m0/s1. The van der Waals surface area contributed by atoms with Gasteiger partial charge in [-0.25, -0.2) is 4.79 Å².